The van der Waals surface area contributed by atoms with E-state index in [0.29, 0.717) is 0 Å². The summed E-state index contributed by atoms with van der Waals surface area (Å²) in [6.45, 7) is 2.11. The minimum absolute atomic E-state index is 0.748. The molecule has 3 aromatic rings. The molecule has 0 aliphatic carbocycles. The van der Waals surface area contributed by atoms with Crippen LogP contribution in [0.2, 0.25) is 5.02 Å². The number of hydrogen-bond donors (Lipinski definition) is 0. The molecule has 0 heterocycles. The van der Waals surface area contributed by atoms with E-state index in [9.17, 15) is 0 Å². The van der Waals surface area contributed by atoms with Crippen molar-refractivity contribution in [3.8, 4) is 5.75 Å². The first-order valence-corrected chi connectivity index (χ1v) is 8.40. The van der Waals surface area contributed by atoms with Crippen LogP contribution >= 0.6 is 11.6 Å². The van der Waals surface area contributed by atoms with Gasteiger partial charge in [0, 0.05) is 5.02 Å². The SMILES string of the molecule is CCC(C=Cc1ccc(Cl)cc1)=COc1ccc2ccccc2c1. The molecule has 0 aliphatic rings. The highest BCUT2D eigenvalue weighted by Crippen LogP contribution is 2.21. The summed E-state index contributed by atoms with van der Waals surface area (Å²) in [5, 5.41) is 3.14. The quantitative estimate of drug-likeness (QED) is 0.365. The zero-order valence-electron chi connectivity index (χ0n) is 13.6. The van der Waals surface area contributed by atoms with Crippen LogP contribution in [0, 0.1) is 0 Å². The molecule has 0 fully saturated rings. The first kappa shape index (κ1) is 16.4. The Hall–Kier alpha value is -2.51. The van der Waals surface area contributed by atoms with Gasteiger partial charge in [-0.25, -0.2) is 0 Å². The van der Waals surface area contributed by atoms with E-state index in [-0.39, 0.29) is 0 Å². The minimum Gasteiger partial charge on any atom is -0.465 e. The molecule has 0 saturated heterocycles. The summed E-state index contributed by atoms with van der Waals surface area (Å²) < 4.78 is 5.84. The molecule has 2 heteroatoms. The van der Waals surface area contributed by atoms with Gasteiger partial charge < -0.3 is 4.74 Å². The highest BCUT2D eigenvalue weighted by Gasteiger charge is 1.97. The number of allylic oxidation sites excluding steroid dienone is 2. The summed E-state index contributed by atoms with van der Waals surface area (Å²) in [4.78, 5) is 0. The van der Waals surface area contributed by atoms with E-state index in [4.69, 9.17) is 16.3 Å². The maximum Gasteiger partial charge on any atom is 0.127 e. The Labute approximate surface area is 147 Å². The zero-order valence-corrected chi connectivity index (χ0v) is 14.3. The van der Waals surface area contributed by atoms with Crippen LogP contribution < -0.4 is 4.74 Å². The van der Waals surface area contributed by atoms with Gasteiger partial charge in [0.25, 0.3) is 0 Å². The van der Waals surface area contributed by atoms with Gasteiger partial charge in [-0.2, -0.15) is 0 Å². The predicted octanol–water partition coefficient (Wildman–Crippen LogP) is 6.88. The average Bonchev–Trinajstić information content (AvgIpc) is 2.63. The molecule has 0 atom stereocenters. The van der Waals surface area contributed by atoms with Crippen LogP contribution in [0.15, 0.2) is 84.6 Å². The van der Waals surface area contributed by atoms with Crippen molar-refractivity contribution in [3.05, 3.63) is 95.2 Å². The van der Waals surface area contributed by atoms with Crippen LogP contribution in [0.25, 0.3) is 16.8 Å². The van der Waals surface area contributed by atoms with E-state index in [0.717, 1.165) is 28.3 Å². The molecule has 0 aliphatic heterocycles. The van der Waals surface area contributed by atoms with Crippen LogP contribution in [0.5, 0.6) is 5.75 Å². The number of ether oxygens (including phenoxy) is 1. The van der Waals surface area contributed by atoms with Crippen molar-refractivity contribution in [1.29, 1.82) is 0 Å². The smallest absolute Gasteiger partial charge is 0.127 e. The molecule has 120 valence electrons. The Morgan fingerprint density at radius 1 is 0.958 bits per heavy atom. The standard InChI is InChI=1S/C22H19ClO/c1-2-17(7-8-18-9-12-21(23)13-10-18)16-24-22-14-11-19-5-3-4-6-20(19)15-22/h3-16H,2H2,1H3. The highest BCUT2D eigenvalue weighted by molar-refractivity contribution is 6.30. The third-order valence-corrected chi connectivity index (χ3v) is 4.09. The lowest BCUT2D eigenvalue weighted by molar-refractivity contribution is 0.476. The summed E-state index contributed by atoms with van der Waals surface area (Å²) in [6.07, 6.45) is 6.86. The largest absolute Gasteiger partial charge is 0.465 e. The third-order valence-electron chi connectivity index (χ3n) is 3.84. The minimum atomic E-state index is 0.748. The molecule has 3 aromatic carbocycles. The van der Waals surface area contributed by atoms with Gasteiger partial charge in [-0.3, -0.25) is 0 Å². The molecule has 0 saturated carbocycles. The fourth-order valence-electron chi connectivity index (χ4n) is 2.40. The van der Waals surface area contributed by atoms with Crippen molar-refractivity contribution >= 4 is 28.4 Å². The maximum absolute atomic E-state index is 5.91. The van der Waals surface area contributed by atoms with Crippen LogP contribution in [0.4, 0.5) is 0 Å². The Morgan fingerprint density at radius 3 is 2.46 bits per heavy atom. The first-order valence-electron chi connectivity index (χ1n) is 8.03. The van der Waals surface area contributed by atoms with Crippen LogP contribution in [-0.2, 0) is 0 Å². The van der Waals surface area contributed by atoms with Crippen molar-refractivity contribution < 1.29 is 4.74 Å². The molecule has 0 unspecified atom stereocenters. The van der Waals surface area contributed by atoms with Gasteiger partial charge in [0.15, 0.2) is 0 Å². The van der Waals surface area contributed by atoms with Gasteiger partial charge in [-0.05, 0) is 52.6 Å². The lowest BCUT2D eigenvalue weighted by Crippen LogP contribution is -1.86. The second-order valence-electron chi connectivity index (χ2n) is 5.56. The molecule has 0 amide bonds. The van der Waals surface area contributed by atoms with Crippen LogP contribution in [-0.4, -0.2) is 0 Å². The van der Waals surface area contributed by atoms with Gasteiger partial charge in [0.05, 0.1) is 6.26 Å². The van der Waals surface area contributed by atoms with Crippen molar-refractivity contribution in [2.45, 2.75) is 13.3 Å². The number of hydrogen-bond acceptors (Lipinski definition) is 1. The number of fused-ring (bicyclic) bond motifs is 1. The summed E-state index contributed by atoms with van der Waals surface area (Å²) in [7, 11) is 0. The number of benzene rings is 3. The zero-order chi connectivity index (χ0) is 16.8. The molecule has 0 bridgehead atoms. The van der Waals surface area contributed by atoms with Crippen molar-refractivity contribution in [2.24, 2.45) is 0 Å². The third kappa shape index (κ3) is 4.27. The Morgan fingerprint density at radius 2 is 1.71 bits per heavy atom. The van der Waals surface area contributed by atoms with E-state index < -0.39 is 0 Å². The van der Waals surface area contributed by atoms with Gasteiger partial charge in [-0.15, -0.1) is 0 Å². The van der Waals surface area contributed by atoms with Gasteiger partial charge in [0.1, 0.15) is 5.75 Å². The first-order chi connectivity index (χ1) is 11.7. The van der Waals surface area contributed by atoms with Crippen LogP contribution in [0.1, 0.15) is 18.9 Å². The van der Waals surface area contributed by atoms with E-state index in [2.05, 4.69) is 43.3 Å². The summed E-state index contributed by atoms with van der Waals surface area (Å²) >= 11 is 5.91. The molecule has 24 heavy (non-hydrogen) atoms. The lowest BCUT2D eigenvalue weighted by Gasteiger charge is -2.04. The summed E-state index contributed by atoms with van der Waals surface area (Å²) in [5.74, 6) is 0.847. The van der Waals surface area contributed by atoms with Crippen molar-refractivity contribution in [3.63, 3.8) is 0 Å². The Kier molecular flexibility index (Phi) is 5.35. The van der Waals surface area contributed by atoms with Crippen molar-refractivity contribution in [1.82, 2.24) is 0 Å². The second-order valence-corrected chi connectivity index (χ2v) is 5.99. The molecule has 1 nitrogen and oxygen atoms in total. The topological polar surface area (TPSA) is 9.23 Å². The molecular formula is C22H19ClO. The van der Waals surface area contributed by atoms with Gasteiger partial charge in [-0.1, -0.05) is 73.1 Å². The van der Waals surface area contributed by atoms with Crippen LogP contribution in [0.3, 0.4) is 0 Å². The van der Waals surface area contributed by atoms with Gasteiger partial charge >= 0.3 is 0 Å². The molecule has 0 N–H and O–H groups in total. The van der Waals surface area contributed by atoms with E-state index in [1.165, 1.54) is 10.8 Å². The molecule has 3 rings (SSSR count). The summed E-state index contributed by atoms with van der Waals surface area (Å²) in [5.41, 5.74) is 2.24. The molecule has 0 spiro atoms. The predicted molar refractivity (Wildman–Crippen MR) is 103 cm³/mol. The van der Waals surface area contributed by atoms with E-state index in [1.54, 1.807) is 0 Å². The number of halogens is 1. The Balaban J connectivity index is 1.73. The van der Waals surface area contributed by atoms with E-state index >= 15 is 0 Å². The normalized spacial score (nSPS) is 12.0. The van der Waals surface area contributed by atoms with E-state index in [1.807, 2.05) is 48.7 Å². The highest BCUT2D eigenvalue weighted by atomic mass is 35.5. The van der Waals surface area contributed by atoms with Gasteiger partial charge in [0.2, 0.25) is 0 Å². The van der Waals surface area contributed by atoms with Crippen molar-refractivity contribution in [2.75, 3.05) is 0 Å². The molecule has 0 radical (unpaired) electrons. The summed E-state index contributed by atoms with van der Waals surface area (Å²) in [6, 6.07) is 22.2. The maximum atomic E-state index is 5.91. The molecule has 0 aromatic heterocycles. The monoisotopic (exact) mass is 334 g/mol. The fourth-order valence-corrected chi connectivity index (χ4v) is 2.53. The lowest BCUT2D eigenvalue weighted by atomic mass is 10.1. The number of rotatable bonds is 5. The average molecular weight is 335 g/mol. The molecular weight excluding hydrogens is 316 g/mol. The Bertz CT molecular complexity index is 876. The fraction of sp³-hybridized carbons (Fsp3) is 0.0909. The second kappa shape index (κ2) is 7.85.